The van der Waals surface area contributed by atoms with E-state index in [0.29, 0.717) is 23.7 Å². The molecule has 0 N–H and O–H groups in total. The van der Waals surface area contributed by atoms with E-state index >= 15 is 0 Å². The molecule has 0 aromatic heterocycles. The van der Waals surface area contributed by atoms with Crippen molar-refractivity contribution in [1.82, 2.24) is 0 Å². The smallest absolute Gasteiger partial charge is 0.195 e. The Morgan fingerprint density at radius 2 is 0.950 bits per heavy atom. The van der Waals surface area contributed by atoms with Gasteiger partial charge in [-0.3, -0.25) is 0 Å². The van der Waals surface area contributed by atoms with Crippen LogP contribution in [0.15, 0.2) is 0 Å². The first-order valence-electron chi connectivity index (χ1n) is 8.19. The van der Waals surface area contributed by atoms with Gasteiger partial charge in [0.2, 0.25) is 11.6 Å². The lowest BCUT2D eigenvalue weighted by Crippen LogP contribution is -2.59. The lowest BCUT2D eigenvalue weighted by Gasteiger charge is -2.51. The average Bonchev–Trinajstić information content (AvgIpc) is 2.42. The minimum Gasteiger partial charge on any atom is -0.195 e. The molecule has 0 amide bonds. The predicted molar refractivity (Wildman–Crippen MR) is 74.2 cm³/mol. The van der Waals surface area contributed by atoms with Crippen molar-refractivity contribution < 1.29 is 19.6 Å². The maximum atomic E-state index is 5.85. The Morgan fingerprint density at radius 3 is 1.30 bits per heavy atom. The second-order valence-corrected chi connectivity index (χ2v) is 7.53. The first kappa shape index (κ1) is 14.8. The van der Waals surface area contributed by atoms with Crippen molar-refractivity contribution in [2.75, 3.05) is 0 Å². The van der Waals surface area contributed by atoms with Gasteiger partial charge in [0, 0.05) is 24.7 Å². The van der Waals surface area contributed by atoms with Crippen LogP contribution in [-0.2, 0) is 19.6 Å². The van der Waals surface area contributed by atoms with Crippen LogP contribution in [0.25, 0.3) is 0 Å². The van der Waals surface area contributed by atoms with Gasteiger partial charge in [0.05, 0.1) is 0 Å². The van der Waals surface area contributed by atoms with Gasteiger partial charge in [-0.05, 0) is 24.7 Å². The highest BCUT2D eigenvalue weighted by Crippen LogP contribution is 2.49. The van der Waals surface area contributed by atoms with E-state index in [2.05, 4.69) is 27.7 Å². The Bertz CT molecular complexity index is 314. The van der Waals surface area contributed by atoms with Crippen molar-refractivity contribution in [2.45, 2.75) is 77.8 Å². The lowest BCUT2D eigenvalue weighted by atomic mass is 9.78. The fourth-order valence-corrected chi connectivity index (χ4v) is 3.86. The van der Waals surface area contributed by atoms with Crippen LogP contribution in [0.5, 0.6) is 0 Å². The summed E-state index contributed by atoms with van der Waals surface area (Å²) < 4.78 is 0. The summed E-state index contributed by atoms with van der Waals surface area (Å²) in [4.78, 5) is 23.4. The summed E-state index contributed by atoms with van der Waals surface area (Å²) in [6, 6.07) is 0. The SMILES string of the molecule is C[C@@H]1CC[C@@H](C)C2(C1)OOC1(C[C@H](C)CC[C@@H]1C)OO2. The van der Waals surface area contributed by atoms with E-state index in [1.165, 1.54) is 12.8 Å². The van der Waals surface area contributed by atoms with Crippen LogP contribution in [-0.4, -0.2) is 11.6 Å². The molecule has 3 fully saturated rings. The molecule has 3 rings (SSSR count). The number of rotatable bonds is 0. The van der Waals surface area contributed by atoms with Gasteiger partial charge in [-0.25, -0.2) is 0 Å². The molecular formula is C16H28O4. The zero-order valence-electron chi connectivity index (χ0n) is 13.2. The highest BCUT2D eigenvalue weighted by Gasteiger charge is 2.56. The third-order valence-electron chi connectivity index (χ3n) is 5.60. The van der Waals surface area contributed by atoms with Crippen LogP contribution in [0.4, 0.5) is 0 Å². The molecular weight excluding hydrogens is 256 g/mol. The first-order valence-corrected chi connectivity index (χ1v) is 8.19. The van der Waals surface area contributed by atoms with E-state index in [4.69, 9.17) is 19.6 Å². The number of hydrogen-bond donors (Lipinski definition) is 0. The fraction of sp³-hybridized carbons (Fsp3) is 1.00. The molecule has 0 unspecified atom stereocenters. The van der Waals surface area contributed by atoms with Gasteiger partial charge in [-0.15, -0.1) is 0 Å². The summed E-state index contributed by atoms with van der Waals surface area (Å²) in [5.41, 5.74) is 0. The van der Waals surface area contributed by atoms with Crippen molar-refractivity contribution in [2.24, 2.45) is 23.7 Å². The van der Waals surface area contributed by atoms with Gasteiger partial charge in [0.15, 0.2) is 0 Å². The summed E-state index contributed by atoms with van der Waals surface area (Å²) in [6.45, 7) is 8.78. The summed E-state index contributed by atoms with van der Waals surface area (Å²) in [5, 5.41) is 0. The second kappa shape index (κ2) is 5.24. The van der Waals surface area contributed by atoms with Crippen molar-refractivity contribution in [3.63, 3.8) is 0 Å². The van der Waals surface area contributed by atoms with E-state index in [-0.39, 0.29) is 0 Å². The topological polar surface area (TPSA) is 36.9 Å². The minimum absolute atomic E-state index is 0.298. The van der Waals surface area contributed by atoms with Crippen molar-refractivity contribution >= 4 is 0 Å². The Balaban J connectivity index is 1.72. The molecule has 20 heavy (non-hydrogen) atoms. The summed E-state index contributed by atoms with van der Waals surface area (Å²) in [7, 11) is 0. The Kier molecular flexibility index (Phi) is 3.87. The van der Waals surface area contributed by atoms with Gasteiger partial charge in [0.25, 0.3) is 0 Å². The molecule has 1 aliphatic heterocycles. The van der Waals surface area contributed by atoms with Gasteiger partial charge in [-0.2, -0.15) is 19.6 Å². The van der Waals surface area contributed by atoms with Gasteiger partial charge in [0.1, 0.15) is 0 Å². The third-order valence-corrected chi connectivity index (χ3v) is 5.60. The van der Waals surface area contributed by atoms with Crippen LogP contribution >= 0.6 is 0 Å². The molecule has 4 atom stereocenters. The molecule has 2 saturated carbocycles. The number of hydrogen-bond acceptors (Lipinski definition) is 4. The highest BCUT2D eigenvalue weighted by atomic mass is 17.4. The van der Waals surface area contributed by atoms with E-state index < -0.39 is 11.6 Å². The normalized spacial score (nSPS) is 53.4. The molecule has 4 nitrogen and oxygen atoms in total. The van der Waals surface area contributed by atoms with Gasteiger partial charge >= 0.3 is 0 Å². The molecule has 0 aromatic carbocycles. The standard InChI is InChI=1S/C16H28O4/c1-11-5-7-13(3)15(9-11)17-19-16(20-18-15)10-12(2)6-8-14(16)4/h11-14H,5-10H2,1-4H3/t11-,12-,13-,14+,15?,16?/m1/s1. The van der Waals surface area contributed by atoms with Crippen LogP contribution in [0.2, 0.25) is 0 Å². The maximum absolute atomic E-state index is 5.85. The highest BCUT2D eigenvalue weighted by molar-refractivity contribution is 4.88. The zero-order chi connectivity index (χ0) is 14.4. The van der Waals surface area contributed by atoms with Gasteiger partial charge < -0.3 is 0 Å². The Labute approximate surface area is 122 Å². The van der Waals surface area contributed by atoms with E-state index in [1.807, 2.05) is 0 Å². The molecule has 2 spiro atoms. The monoisotopic (exact) mass is 284 g/mol. The molecule has 0 aromatic rings. The second-order valence-electron chi connectivity index (χ2n) is 7.53. The largest absolute Gasteiger partial charge is 0.237 e. The fourth-order valence-electron chi connectivity index (χ4n) is 3.86. The molecule has 4 heteroatoms. The Morgan fingerprint density at radius 1 is 0.600 bits per heavy atom. The van der Waals surface area contributed by atoms with Crippen LogP contribution in [0.3, 0.4) is 0 Å². The zero-order valence-corrected chi connectivity index (χ0v) is 13.2. The molecule has 1 heterocycles. The maximum Gasteiger partial charge on any atom is 0.237 e. The molecule has 1 saturated heterocycles. The third kappa shape index (κ3) is 2.41. The van der Waals surface area contributed by atoms with Gasteiger partial charge in [-0.1, -0.05) is 40.5 Å². The molecule has 3 aliphatic rings. The summed E-state index contributed by atoms with van der Waals surface area (Å²) in [6.07, 6.45) is 6.30. The Hall–Kier alpha value is -0.160. The molecule has 0 bridgehead atoms. The molecule has 116 valence electrons. The predicted octanol–water partition coefficient (Wildman–Crippen LogP) is 4.20. The van der Waals surface area contributed by atoms with Crippen molar-refractivity contribution in [3.05, 3.63) is 0 Å². The summed E-state index contributed by atoms with van der Waals surface area (Å²) >= 11 is 0. The van der Waals surface area contributed by atoms with E-state index in [0.717, 1.165) is 25.7 Å². The average molecular weight is 284 g/mol. The van der Waals surface area contributed by atoms with Crippen LogP contribution in [0.1, 0.15) is 66.2 Å². The molecule has 0 radical (unpaired) electrons. The van der Waals surface area contributed by atoms with E-state index in [1.54, 1.807) is 0 Å². The van der Waals surface area contributed by atoms with Crippen LogP contribution in [0, 0.1) is 23.7 Å². The van der Waals surface area contributed by atoms with E-state index in [9.17, 15) is 0 Å². The molecule has 2 aliphatic carbocycles. The summed E-state index contributed by atoms with van der Waals surface area (Å²) in [5.74, 6) is 0.345. The lowest BCUT2D eigenvalue weighted by molar-refractivity contribution is -0.676. The first-order chi connectivity index (χ1) is 9.46. The quantitative estimate of drug-likeness (QED) is 0.625. The van der Waals surface area contributed by atoms with Crippen LogP contribution < -0.4 is 0 Å². The van der Waals surface area contributed by atoms with Crippen molar-refractivity contribution in [3.8, 4) is 0 Å². The minimum atomic E-state index is -0.705. The van der Waals surface area contributed by atoms with Crippen molar-refractivity contribution in [1.29, 1.82) is 0 Å².